The van der Waals surface area contributed by atoms with Crippen molar-refractivity contribution in [3.63, 3.8) is 0 Å². The first-order valence-corrected chi connectivity index (χ1v) is 5.22. The summed E-state index contributed by atoms with van der Waals surface area (Å²) in [6, 6.07) is 3.34. The van der Waals surface area contributed by atoms with Gasteiger partial charge in [0, 0.05) is 30.5 Å². The molecule has 1 atom stereocenters. The smallest absolute Gasteiger partial charge is 0.146 e. The number of hydrazine groups is 1. The van der Waals surface area contributed by atoms with Crippen LogP contribution in [0.15, 0.2) is 36.9 Å². The van der Waals surface area contributed by atoms with Crippen LogP contribution in [0.1, 0.15) is 17.4 Å². The Morgan fingerprint density at radius 2 is 2.00 bits per heavy atom. The zero-order chi connectivity index (χ0) is 12.1. The number of nitrogen functional groups attached to an aromatic ring is 1. The molecule has 5 N–H and O–H groups in total. The number of rotatable bonds is 4. The summed E-state index contributed by atoms with van der Waals surface area (Å²) in [5.74, 6) is 6.15. The van der Waals surface area contributed by atoms with Gasteiger partial charge in [-0.15, -0.1) is 0 Å². The van der Waals surface area contributed by atoms with E-state index < -0.39 is 0 Å². The SMILES string of the molecule is NNC(Cc1cnccc1N)c1ncccn1. The predicted octanol–water partition coefficient (Wildman–Crippen LogP) is 0.201. The zero-order valence-electron chi connectivity index (χ0n) is 9.24. The number of hydrogen-bond donors (Lipinski definition) is 3. The summed E-state index contributed by atoms with van der Waals surface area (Å²) in [6.07, 6.45) is 7.34. The standard InChI is InChI=1S/C11H14N6/c12-9-2-5-14-7-8(9)6-10(17-13)11-15-3-1-4-16-11/h1-5,7,10,17H,6,13H2,(H2,12,14). The van der Waals surface area contributed by atoms with Gasteiger partial charge in [0.2, 0.25) is 0 Å². The van der Waals surface area contributed by atoms with Gasteiger partial charge in [-0.2, -0.15) is 0 Å². The van der Waals surface area contributed by atoms with E-state index in [4.69, 9.17) is 11.6 Å². The molecule has 6 nitrogen and oxygen atoms in total. The molecule has 2 rings (SSSR count). The van der Waals surface area contributed by atoms with Crippen molar-refractivity contribution < 1.29 is 0 Å². The van der Waals surface area contributed by atoms with E-state index in [0.29, 0.717) is 17.9 Å². The molecule has 6 heteroatoms. The molecular weight excluding hydrogens is 216 g/mol. The second kappa shape index (κ2) is 5.33. The maximum absolute atomic E-state index is 5.85. The summed E-state index contributed by atoms with van der Waals surface area (Å²) in [6.45, 7) is 0. The van der Waals surface area contributed by atoms with Crippen molar-refractivity contribution in [3.8, 4) is 0 Å². The van der Waals surface area contributed by atoms with Crippen LogP contribution in [-0.2, 0) is 6.42 Å². The molecular formula is C11H14N6. The van der Waals surface area contributed by atoms with Gasteiger partial charge in [-0.25, -0.2) is 15.4 Å². The Balaban J connectivity index is 2.19. The number of nitrogens with zero attached hydrogens (tertiary/aromatic N) is 3. The van der Waals surface area contributed by atoms with E-state index in [0.717, 1.165) is 5.56 Å². The average molecular weight is 230 g/mol. The van der Waals surface area contributed by atoms with Crippen LogP contribution < -0.4 is 17.0 Å². The first kappa shape index (κ1) is 11.4. The van der Waals surface area contributed by atoms with Gasteiger partial charge in [-0.05, 0) is 24.1 Å². The maximum Gasteiger partial charge on any atom is 0.146 e. The van der Waals surface area contributed by atoms with Crippen molar-refractivity contribution in [1.82, 2.24) is 20.4 Å². The van der Waals surface area contributed by atoms with Crippen LogP contribution in [0.4, 0.5) is 5.69 Å². The van der Waals surface area contributed by atoms with Crippen molar-refractivity contribution >= 4 is 5.69 Å². The molecule has 88 valence electrons. The third-order valence-electron chi connectivity index (χ3n) is 2.46. The molecule has 0 bridgehead atoms. The monoisotopic (exact) mass is 230 g/mol. The minimum Gasteiger partial charge on any atom is -0.398 e. The van der Waals surface area contributed by atoms with Crippen molar-refractivity contribution in [3.05, 3.63) is 48.3 Å². The number of anilines is 1. The number of hydrogen-bond acceptors (Lipinski definition) is 6. The Morgan fingerprint density at radius 1 is 1.24 bits per heavy atom. The molecule has 0 amide bonds. The molecule has 0 radical (unpaired) electrons. The summed E-state index contributed by atoms with van der Waals surface area (Å²) in [5.41, 5.74) is 10.1. The van der Waals surface area contributed by atoms with Crippen LogP contribution in [0.25, 0.3) is 0 Å². The van der Waals surface area contributed by atoms with Crippen LogP contribution in [0.5, 0.6) is 0 Å². The van der Waals surface area contributed by atoms with Gasteiger partial charge in [-0.3, -0.25) is 10.8 Å². The van der Waals surface area contributed by atoms with E-state index in [-0.39, 0.29) is 6.04 Å². The summed E-state index contributed by atoms with van der Waals surface area (Å²) in [4.78, 5) is 12.4. The first-order valence-electron chi connectivity index (χ1n) is 5.22. The molecule has 17 heavy (non-hydrogen) atoms. The molecule has 0 saturated heterocycles. The van der Waals surface area contributed by atoms with E-state index in [2.05, 4.69) is 20.4 Å². The minimum absolute atomic E-state index is 0.178. The highest BCUT2D eigenvalue weighted by Gasteiger charge is 2.14. The maximum atomic E-state index is 5.85. The van der Waals surface area contributed by atoms with Gasteiger partial charge in [0.05, 0.1) is 6.04 Å². The lowest BCUT2D eigenvalue weighted by Gasteiger charge is -2.14. The summed E-state index contributed by atoms with van der Waals surface area (Å²) in [5, 5.41) is 0. The number of aromatic nitrogens is 3. The van der Waals surface area contributed by atoms with E-state index >= 15 is 0 Å². The molecule has 0 spiro atoms. The van der Waals surface area contributed by atoms with Crippen molar-refractivity contribution in [2.45, 2.75) is 12.5 Å². The first-order chi connectivity index (χ1) is 8.31. The normalized spacial score (nSPS) is 12.3. The van der Waals surface area contributed by atoms with Crippen molar-refractivity contribution in [2.24, 2.45) is 5.84 Å². The van der Waals surface area contributed by atoms with Gasteiger partial charge in [0.15, 0.2) is 0 Å². The topological polar surface area (TPSA) is 103 Å². The fraction of sp³-hybridized carbons (Fsp3) is 0.182. The van der Waals surface area contributed by atoms with Crippen LogP contribution in [0, 0.1) is 0 Å². The van der Waals surface area contributed by atoms with Crippen LogP contribution in [-0.4, -0.2) is 15.0 Å². The Bertz CT molecular complexity index is 472. The van der Waals surface area contributed by atoms with E-state index in [1.165, 1.54) is 0 Å². The molecule has 1 unspecified atom stereocenters. The molecule has 2 aromatic heterocycles. The molecule has 2 heterocycles. The number of nitrogens with two attached hydrogens (primary N) is 2. The quantitative estimate of drug-likeness (QED) is 0.512. The van der Waals surface area contributed by atoms with Crippen LogP contribution in [0.2, 0.25) is 0 Å². The molecule has 0 aliphatic carbocycles. The van der Waals surface area contributed by atoms with Gasteiger partial charge in [0.25, 0.3) is 0 Å². The highest BCUT2D eigenvalue weighted by Crippen LogP contribution is 2.17. The number of pyridine rings is 1. The highest BCUT2D eigenvalue weighted by molar-refractivity contribution is 5.44. The summed E-state index contributed by atoms with van der Waals surface area (Å²) >= 11 is 0. The second-order valence-corrected chi connectivity index (χ2v) is 3.60. The van der Waals surface area contributed by atoms with E-state index in [1.807, 2.05) is 0 Å². The van der Waals surface area contributed by atoms with Crippen LogP contribution >= 0.6 is 0 Å². The highest BCUT2D eigenvalue weighted by atomic mass is 15.2. The second-order valence-electron chi connectivity index (χ2n) is 3.60. The molecule has 0 aliphatic heterocycles. The molecule has 0 saturated carbocycles. The van der Waals surface area contributed by atoms with Gasteiger partial charge in [0.1, 0.15) is 5.82 Å². The lowest BCUT2D eigenvalue weighted by atomic mass is 10.1. The lowest BCUT2D eigenvalue weighted by Crippen LogP contribution is -2.31. The Labute approximate surface area is 99.1 Å². The minimum atomic E-state index is -0.178. The summed E-state index contributed by atoms with van der Waals surface area (Å²) < 4.78 is 0. The fourth-order valence-electron chi connectivity index (χ4n) is 1.54. The van der Waals surface area contributed by atoms with Gasteiger partial charge < -0.3 is 5.73 Å². The van der Waals surface area contributed by atoms with E-state index in [1.54, 1.807) is 36.9 Å². The molecule has 0 aliphatic rings. The zero-order valence-corrected chi connectivity index (χ0v) is 9.24. The van der Waals surface area contributed by atoms with Gasteiger partial charge >= 0.3 is 0 Å². The van der Waals surface area contributed by atoms with Crippen molar-refractivity contribution in [1.29, 1.82) is 0 Å². The fourth-order valence-corrected chi connectivity index (χ4v) is 1.54. The number of nitrogens with one attached hydrogen (secondary N) is 1. The Morgan fingerprint density at radius 3 is 2.65 bits per heavy atom. The van der Waals surface area contributed by atoms with Gasteiger partial charge in [-0.1, -0.05) is 0 Å². The third-order valence-corrected chi connectivity index (χ3v) is 2.46. The molecule has 0 fully saturated rings. The Kier molecular flexibility index (Phi) is 3.59. The van der Waals surface area contributed by atoms with Crippen LogP contribution in [0.3, 0.4) is 0 Å². The largest absolute Gasteiger partial charge is 0.398 e. The molecule has 2 aromatic rings. The lowest BCUT2D eigenvalue weighted by molar-refractivity contribution is 0.522. The summed E-state index contributed by atoms with van der Waals surface area (Å²) in [7, 11) is 0. The predicted molar refractivity (Wildman–Crippen MR) is 64.4 cm³/mol. The molecule has 0 aromatic carbocycles. The Hall–Kier alpha value is -2.05. The van der Waals surface area contributed by atoms with Crippen molar-refractivity contribution in [2.75, 3.05) is 5.73 Å². The average Bonchev–Trinajstić information content (AvgIpc) is 2.39. The van der Waals surface area contributed by atoms with E-state index in [9.17, 15) is 0 Å². The third kappa shape index (κ3) is 2.74.